The first-order valence-corrected chi connectivity index (χ1v) is 7.83. The second-order valence-electron chi connectivity index (χ2n) is 6.28. The molecule has 0 spiro atoms. The van der Waals surface area contributed by atoms with Gasteiger partial charge < -0.3 is 0 Å². The van der Waals surface area contributed by atoms with Gasteiger partial charge in [-0.15, -0.1) is 0 Å². The molecule has 0 unspecified atom stereocenters. The van der Waals surface area contributed by atoms with E-state index in [1.54, 1.807) is 6.07 Å². The summed E-state index contributed by atoms with van der Waals surface area (Å²) in [4.78, 5) is 0. The first-order chi connectivity index (χ1) is 9.69. The van der Waals surface area contributed by atoms with Gasteiger partial charge >= 0.3 is 0 Å². The molecular formula is C18H22F2. The van der Waals surface area contributed by atoms with Gasteiger partial charge in [0, 0.05) is 0 Å². The average molecular weight is 276 g/mol. The number of fused-ring (bicyclic) bond motifs is 1. The predicted molar refractivity (Wildman–Crippen MR) is 77.6 cm³/mol. The van der Waals surface area contributed by atoms with Crippen molar-refractivity contribution in [3.63, 3.8) is 0 Å². The van der Waals surface area contributed by atoms with Crippen molar-refractivity contribution in [2.45, 2.75) is 51.9 Å². The van der Waals surface area contributed by atoms with Gasteiger partial charge in [0.1, 0.15) is 0 Å². The fraction of sp³-hybridized carbons (Fsp3) is 0.556. The van der Waals surface area contributed by atoms with Crippen LogP contribution in [0.3, 0.4) is 0 Å². The van der Waals surface area contributed by atoms with E-state index in [-0.39, 0.29) is 0 Å². The molecule has 0 aliphatic heterocycles. The Labute approximate surface area is 119 Å². The number of hydrogen-bond donors (Lipinski definition) is 0. The van der Waals surface area contributed by atoms with E-state index in [2.05, 4.69) is 13.0 Å². The standard InChI is InChI=1S/C18H22F2/c1-2-12-3-5-13(6-4-12)14-7-9-16-15(11-14)8-10-17(19)18(16)20/h7-8,10,12-13H,2-6,9,11H2,1H3. The second-order valence-corrected chi connectivity index (χ2v) is 6.28. The molecule has 1 aromatic rings. The van der Waals surface area contributed by atoms with E-state index in [0.717, 1.165) is 17.9 Å². The van der Waals surface area contributed by atoms with Crippen LogP contribution in [-0.2, 0) is 12.8 Å². The fourth-order valence-electron chi connectivity index (χ4n) is 3.80. The molecule has 0 nitrogen and oxygen atoms in total. The lowest BCUT2D eigenvalue weighted by Crippen LogP contribution is -2.19. The molecule has 20 heavy (non-hydrogen) atoms. The van der Waals surface area contributed by atoms with Crippen LogP contribution in [0.1, 0.15) is 50.2 Å². The molecule has 0 amide bonds. The van der Waals surface area contributed by atoms with Gasteiger partial charge in [-0.2, -0.15) is 0 Å². The van der Waals surface area contributed by atoms with Crippen molar-refractivity contribution in [2.24, 2.45) is 11.8 Å². The normalized spacial score (nSPS) is 26.1. The predicted octanol–water partition coefficient (Wildman–Crippen LogP) is 5.21. The van der Waals surface area contributed by atoms with Gasteiger partial charge in [-0.3, -0.25) is 0 Å². The van der Waals surface area contributed by atoms with Crippen molar-refractivity contribution in [3.8, 4) is 0 Å². The summed E-state index contributed by atoms with van der Waals surface area (Å²) in [7, 11) is 0. The van der Waals surface area contributed by atoms with Crippen LogP contribution in [0.25, 0.3) is 0 Å². The number of halogens is 2. The monoisotopic (exact) mass is 276 g/mol. The van der Waals surface area contributed by atoms with E-state index in [1.165, 1.54) is 43.7 Å². The molecule has 0 N–H and O–H groups in total. The Bertz CT molecular complexity index is 522. The van der Waals surface area contributed by atoms with Gasteiger partial charge in [0.25, 0.3) is 0 Å². The van der Waals surface area contributed by atoms with Crippen LogP contribution in [0.2, 0.25) is 0 Å². The minimum Gasteiger partial charge on any atom is -0.204 e. The maximum atomic E-state index is 13.7. The third-order valence-electron chi connectivity index (χ3n) is 5.20. The highest BCUT2D eigenvalue weighted by Crippen LogP contribution is 2.38. The molecule has 3 rings (SSSR count). The Morgan fingerprint density at radius 2 is 1.85 bits per heavy atom. The van der Waals surface area contributed by atoms with E-state index in [0.29, 0.717) is 17.9 Å². The van der Waals surface area contributed by atoms with Gasteiger partial charge in [-0.1, -0.05) is 31.1 Å². The maximum absolute atomic E-state index is 13.7. The smallest absolute Gasteiger partial charge is 0.162 e. The molecule has 0 heterocycles. The van der Waals surface area contributed by atoms with E-state index in [4.69, 9.17) is 0 Å². The molecule has 0 atom stereocenters. The lowest BCUT2D eigenvalue weighted by atomic mass is 9.74. The zero-order valence-corrected chi connectivity index (χ0v) is 12.1. The van der Waals surface area contributed by atoms with Gasteiger partial charge in [-0.25, -0.2) is 8.78 Å². The average Bonchev–Trinajstić information content (AvgIpc) is 2.51. The SMILES string of the molecule is CCC1CCC(C2=CCc3c(ccc(F)c3F)C2)CC1. The summed E-state index contributed by atoms with van der Waals surface area (Å²) in [6.07, 6.45) is 10.00. The molecule has 0 aromatic heterocycles. The highest BCUT2D eigenvalue weighted by Gasteiger charge is 2.26. The van der Waals surface area contributed by atoms with E-state index in [9.17, 15) is 8.78 Å². The summed E-state index contributed by atoms with van der Waals surface area (Å²) in [5.74, 6) is 0.199. The summed E-state index contributed by atoms with van der Waals surface area (Å²) in [6, 6.07) is 3.03. The molecule has 1 saturated carbocycles. The highest BCUT2D eigenvalue weighted by molar-refractivity contribution is 5.39. The van der Waals surface area contributed by atoms with Gasteiger partial charge in [0.2, 0.25) is 0 Å². The summed E-state index contributed by atoms with van der Waals surface area (Å²) in [6.45, 7) is 2.28. The van der Waals surface area contributed by atoms with Gasteiger partial charge in [0.15, 0.2) is 11.6 Å². The van der Waals surface area contributed by atoms with Crippen LogP contribution in [0.4, 0.5) is 8.78 Å². The number of rotatable bonds is 2. The fourth-order valence-corrected chi connectivity index (χ4v) is 3.80. The molecule has 0 saturated heterocycles. The van der Waals surface area contributed by atoms with Crippen molar-refractivity contribution in [3.05, 3.63) is 46.5 Å². The molecule has 0 radical (unpaired) electrons. The molecule has 108 valence electrons. The highest BCUT2D eigenvalue weighted by atomic mass is 19.2. The molecule has 1 aromatic carbocycles. The number of hydrogen-bond acceptors (Lipinski definition) is 0. The Hall–Kier alpha value is -1.18. The van der Waals surface area contributed by atoms with E-state index < -0.39 is 11.6 Å². The Morgan fingerprint density at radius 1 is 1.10 bits per heavy atom. The van der Waals surface area contributed by atoms with Crippen molar-refractivity contribution in [1.29, 1.82) is 0 Å². The zero-order chi connectivity index (χ0) is 14.1. The van der Waals surface area contributed by atoms with Crippen LogP contribution in [0.15, 0.2) is 23.8 Å². The van der Waals surface area contributed by atoms with Crippen LogP contribution >= 0.6 is 0 Å². The summed E-state index contributed by atoms with van der Waals surface area (Å²) < 4.78 is 27.0. The van der Waals surface area contributed by atoms with Crippen molar-refractivity contribution in [1.82, 2.24) is 0 Å². The lowest BCUT2D eigenvalue weighted by molar-refractivity contribution is 0.292. The van der Waals surface area contributed by atoms with Crippen LogP contribution in [0.5, 0.6) is 0 Å². The quantitative estimate of drug-likeness (QED) is 0.651. The number of benzene rings is 1. The van der Waals surface area contributed by atoms with Crippen molar-refractivity contribution >= 4 is 0 Å². The van der Waals surface area contributed by atoms with Crippen LogP contribution in [0, 0.1) is 23.5 Å². The van der Waals surface area contributed by atoms with Crippen molar-refractivity contribution < 1.29 is 8.78 Å². The minimum absolute atomic E-state index is 0.558. The Balaban J connectivity index is 1.73. The first-order valence-electron chi connectivity index (χ1n) is 7.83. The largest absolute Gasteiger partial charge is 0.204 e. The first kappa shape index (κ1) is 13.8. The Morgan fingerprint density at radius 3 is 2.55 bits per heavy atom. The molecule has 2 heteroatoms. The van der Waals surface area contributed by atoms with Gasteiger partial charge in [-0.05, 0) is 67.6 Å². The molecular weight excluding hydrogens is 254 g/mol. The molecule has 2 aliphatic rings. The third-order valence-corrected chi connectivity index (χ3v) is 5.20. The molecule has 0 bridgehead atoms. The van der Waals surface area contributed by atoms with Crippen LogP contribution < -0.4 is 0 Å². The number of allylic oxidation sites excluding steroid dienone is 2. The lowest BCUT2D eigenvalue weighted by Gasteiger charge is -2.31. The topological polar surface area (TPSA) is 0 Å². The second kappa shape index (κ2) is 5.67. The molecule has 1 fully saturated rings. The van der Waals surface area contributed by atoms with Crippen molar-refractivity contribution in [2.75, 3.05) is 0 Å². The van der Waals surface area contributed by atoms with Gasteiger partial charge in [0.05, 0.1) is 0 Å². The summed E-state index contributed by atoms with van der Waals surface area (Å²) >= 11 is 0. The van der Waals surface area contributed by atoms with E-state index >= 15 is 0 Å². The zero-order valence-electron chi connectivity index (χ0n) is 12.1. The summed E-state index contributed by atoms with van der Waals surface area (Å²) in [5.41, 5.74) is 3.01. The Kier molecular flexibility index (Phi) is 3.91. The minimum atomic E-state index is -0.718. The maximum Gasteiger partial charge on any atom is 0.162 e. The summed E-state index contributed by atoms with van der Waals surface area (Å²) in [5, 5.41) is 0. The molecule has 2 aliphatic carbocycles. The van der Waals surface area contributed by atoms with Crippen LogP contribution in [-0.4, -0.2) is 0 Å². The third kappa shape index (κ3) is 2.53. The van der Waals surface area contributed by atoms with E-state index in [1.807, 2.05) is 0 Å².